The van der Waals surface area contributed by atoms with Crippen LogP contribution >= 0.6 is 11.6 Å². The van der Waals surface area contributed by atoms with Crippen LogP contribution in [0.15, 0.2) is 39.6 Å². The number of phenols is 2. The van der Waals surface area contributed by atoms with E-state index in [0.717, 1.165) is 6.07 Å². The Labute approximate surface area is 148 Å². The fourth-order valence-corrected chi connectivity index (χ4v) is 2.79. The second kappa shape index (κ2) is 6.92. The predicted molar refractivity (Wildman–Crippen MR) is 94.0 cm³/mol. The lowest BCUT2D eigenvalue weighted by Gasteiger charge is -2.05. The van der Waals surface area contributed by atoms with Gasteiger partial charge in [0, 0.05) is 17.9 Å². The zero-order valence-corrected chi connectivity index (χ0v) is 14.1. The van der Waals surface area contributed by atoms with Crippen LogP contribution in [0.2, 0.25) is 5.02 Å². The van der Waals surface area contributed by atoms with E-state index in [1.54, 1.807) is 25.2 Å². The minimum Gasteiger partial charge on any atom is -0.507 e. The van der Waals surface area contributed by atoms with Crippen LogP contribution in [-0.4, -0.2) is 33.6 Å². The summed E-state index contributed by atoms with van der Waals surface area (Å²) < 4.78 is 10.5. The van der Waals surface area contributed by atoms with Crippen LogP contribution in [0.25, 0.3) is 16.8 Å². The van der Waals surface area contributed by atoms with Crippen LogP contribution < -0.4 is 5.63 Å². The highest BCUT2D eigenvalue weighted by Gasteiger charge is 2.36. The summed E-state index contributed by atoms with van der Waals surface area (Å²) in [5.74, 6) is -0.482. The quantitative estimate of drug-likeness (QED) is 0.556. The second-order valence-electron chi connectivity index (χ2n) is 5.92. The normalized spacial score (nSPS) is 21.4. The minimum absolute atomic E-state index is 0.0220. The molecule has 0 bridgehead atoms. The summed E-state index contributed by atoms with van der Waals surface area (Å²) in [6.45, 7) is 1.71. The van der Waals surface area contributed by atoms with Gasteiger partial charge in [-0.2, -0.15) is 0 Å². The molecule has 132 valence electrons. The molecule has 0 aliphatic carbocycles. The molecular weight excluding hydrogens is 348 g/mol. The van der Waals surface area contributed by atoms with Crippen molar-refractivity contribution in [3.63, 3.8) is 0 Å². The zero-order chi connectivity index (χ0) is 18.1. The highest BCUT2D eigenvalue weighted by atomic mass is 35.5. The molecular formula is C18H17ClO6. The van der Waals surface area contributed by atoms with E-state index in [0.29, 0.717) is 6.42 Å². The number of benzene rings is 1. The average Bonchev–Trinajstić information content (AvgIpc) is 3.25. The third-order valence-electron chi connectivity index (χ3n) is 3.83. The van der Waals surface area contributed by atoms with Gasteiger partial charge in [-0.3, -0.25) is 0 Å². The Morgan fingerprint density at radius 1 is 1.28 bits per heavy atom. The molecule has 25 heavy (non-hydrogen) atoms. The van der Waals surface area contributed by atoms with Crippen molar-refractivity contribution < 1.29 is 24.5 Å². The molecule has 2 aromatic rings. The number of fused-ring (bicyclic) bond motifs is 1. The maximum Gasteiger partial charge on any atom is 0.347 e. The number of ether oxygens (including phenoxy) is 1. The van der Waals surface area contributed by atoms with Crippen molar-refractivity contribution in [2.24, 2.45) is 0 Å². The standard InChI is InChI=1S/C18H17ClO6/c1-9(20)6-15-14(25-15)5-3-2-4-10-7-11-16(18(23)24-10)12(21)8-13(22)17(11)19/h2-5,7-9,14-15,20-22H,6H2,1H3/t9-,14-,15-/m1/s1. The number of aliphatic hydroxyl groups is 1. The third-order valence-corrected chi connectivity index (χ3v) is 4.23. The first-order valence-electron chi connectivity index (χ1n) is 7.73. The molecule has 1 aliphatic heterocycles. The number of epoxide rings is 1. The molecule has 0 amide bonds. The van der Waals surface area contributed by atoms with Gasteiger partial charge in [0.05, 0.1) is 17.2 Å². The molecule has 2 heterocycles. The summed E-state index contributed by atoms with van der Waals surface area (Å²) in [6.07, 6.45) is 7.01. The Morgan fingerprint density at radius 3 is 2.76 bits per heavy atom. The van der Waals surface area contributed by atoms with Gasteiger partial charge in [0.1, 0.15) is 28.7 Å². The molecule has 3 atom stereocenters. The van der Waals surface area contributed by atoms with Crippen LogP contribution in [0.1, 0.15) is 19.1 Å². The molecule has 1 saturated heterocycles. The fourth-order valence-electron chi connectivity index (χ4n) is 2.59. The fraction of sp³-hybridized carbons (Fsp3) is 0.278. The average molecular weight is 365 g/mol. The van der Waals surface area contributed by atoms with Gasteiger partial charge in [0.25, 0.3) is 0 Å². The SMILES string of the molecule is C[C@@H](O)C[C@H]1O[C@@H]1C=CC=Cc1cc2c(Cl)c(O)cc(O)c2c(=O)o1. The Morgan fingerprint density at radius 2 is 2.04 bits per heavy atom. The molecule has 0 saturated carbocycles. The number of aliphatic hydroxyl groups excluding tert-OH is 1. The van der Waals surface area contributed by atoms with Gasteiger partial charge < -0.3 is 24.5 Å². The number of aromatic hydroxyl groups is 2. The molecule has 3 N–H and O–H groups in total. The molecule has 7 heteroatoms. The van der Waals surface area contributed by atoms with E-state index in [2.05, 4.69) is 0 Å². The van der Waals surface area contributed by atoms with E-state index in [1.807, 2.05) is 6.08 Å². The number of allylic oxidation sites excluding steroid dienone is 2. The molecule has 1 fully saturated rings. The number of rotatable bonds is 5. The van der Waals surface area contributed by atoms with E-state index in [1.165, 1.54) is 6.07 Å². The molecule has 3 rings (SSSR count). The van der Waals surface area contributed by atoms with E-state index < -0.39 is 17.5 Å². The van der Waals surface area contributed by atoms with Crippen molar-refractivity contribution in [2.75, 3.05) is 0 Å². The number of hydrogen-bond donors (Lipinski definition) is 3. The highest BCUT2D eigenvalue weighted by Crippen LogP contribution is 2.36. The van der Waals surface area contributed by atoms with Crippen LogP contribution in [0.3, 0.4) is 0 Å². The Balaban J connectivity index is 1.79. The summed E-state index contributed by atoms with van der Waals surface area (Å²) in [5.41, 5.74) is -0.747. The molecule has 0 spiro atoms. The van der Waals surface area contributed by atoms with Crippen LogP contribution in [0.4, 0.5) is 0 Å². The van der Waals surface area contributed by atoms with Gasteiger partial charge >= 0.3 is 5.63 Å². The lowest BCUT2D eigenvalue weighted by atomic mass is 10.1. The summed E-state index contributed by atoms with van der Waals surface area (Å²) in [5, 5.41) is 28.8. The summed E-state index contributed by atoms with van der Waals surface area (Å²) in [4.78, 5) is 12.0. The predicted octanol–water partition coefficient (Wildman–Crippen LogP) is 2.97. The van der Waals surface area contributed by atoms with E-state index >= 15 is 0 Å². The topological polar surface area (TPSA) is 103 Å². The largest absolute Gasteiger partial charge is 0.507 e. The van der Waals surface area contributed by atoms with Crippen LogP contribution in [0, 0.1) is 0 Å². The zero-order valence-electron chi connectivity index (χ0n) is 13.3. The summed E-state index contributed by atoms with van der Waals surface area (Å²) in [6, 6.07) is 2.46. The Kier molecular flexibility index (Phi) is 4.85. The van der Waals surface area contributed by atoms with Gasteiger partial charge in [0.2, 0.25) is 0 Å². The summed E-state index contributed by atoms with van der Waals surface area (Å²) >= 11 is 5.99. The maximum absolute atomic E-state index is 12.0. The van der Waals surface area contributed by atoms with Gasteiger partial charge in [-0.25, -0.2) is 4.79 Å². The van der Waals surface area contributed by atoms with Gasteiger partial charge in [0.15, 0.2) is 0 Å². The number of halogens is 1. The monoisotopic (exact) mass is 364 g/mol. The number of phenolic OH excluding ortho intramolecular Hbond substituents is 2. The lowest BCUT2D eigenvalue weighted by Crippen LogP contribution is -2.05. The van der Waals surface area contributed by atoms with Gasteiger partial charge in [-0.15, -0.1) is 0 Å². The van der Waals surface area contributed by atoms with Crippen molar-refractivity contribution in [1.82, 2.24) is 0 Å². The highest BCUT2D eigenvalue weighted by molar-refractivity contribution is 6.37. The van der Waals surface area contributed by atoms with E-state index in [4.69, 9.17) is 20.8 Å². The minimum atomic E-state index is -0.747. The van der Waals surface area contributed by atoms with Gasteiger partial charge in [-0.1, -0.05) is 29.8 Å². The Bertz CT molecular complexity index is 912. The van der Waals surface area contributed by atoms with Crippen molar-refractivity contribution in [3.05, 3.63) is 51.6 Å². The first kappa shape index (κ1) is 17.5. The molecule has 1 aromatic carbocycles. The first-order valence-corrected chi connectivity index (χ1v) is 8.11. The first-order chi connectivity index (χ1) is 11.9. The van der Waals surface area contributed by atoms with Crippen molar-refractivity contribution >= 4 is 28.4 Å². The van der Waals surface area contributed by atoms with Crippen molar-refractivity contribution in [1.29, 1.82) is 0 Å². The van der Waals surface area contributed by atoms with E-state index in [9.17, 15) is 20.1 Å². The maximum atomic E-state index is 12.0. The molecule has 0 unspecified atom stereocenters. The lowest BCUT2D eigenvalue weighted by molar-refractivity contribution is 0.170. The third kappa shape index (κ3) is 3.87. The molecule has 1 aliphatic rings. The van der Waals surface area contributed by atoms with Crippen molar-refractivity contribution in [3.8, 4) is 11.5 Å². The summed E-state index contributed by atoms with van der Waals surface area (Å²) in [7, 11) is 0. The second-order valence-corrected chi connectivity index (χ2v) is 6.30. The van der Waals surface area contributed by atoms with Crippen LogP contribution in [0.5, 0.6) is 11.5 Å². The Hall–Kier alpha value is -2.28. The smallest absolute Gasteiger partial charge is 0.347 e. The molecule has 1 aromatic heterocycles. The van der Waals surface area contributed by atoms with Crippen molar-refractivity contribution in [2.45, 2.75) is 31.7 Å². The van der Waals surface area contributed by atoms with Gasteiger partial charge in [-0.05, 0) is 19.1 Å². The molecule has 0 radical (unpaired) electrons. The van der Waals surface area contributed by atoms with Crippen LogP contribution in [-0.2, 0) is 4.74 Å². The van der Waals surface area contributed by atoms with E-state index in [-0.39, 0.29) is 39.5 Å². The number of hydrogen-bond acceptors (Lipinski definition) is 6. The molecule has 6 nitrogen and oxygen atoms in total.